The van der Waals surface area contributed by atoms with Crippen LogP contribution in [0.4, 0.5) is 5.13 Å². The third kappa shape index (κ3) is 4.94. The number of hydrogen-bond acceptors (Lipinski definition) is 5. The summed E-state index contributed by atoms with van der Waals surface area (Å²) < 4.78 is 1.07. The van der Waals surface area contributed by atoms with Gasteiger partial charge in [-0.2, -0.15) is 0 Å². The highest BCUT2D eigenvalue weighted by molar-refractivity contribution is 7.22. The molecule has 1 fully saturated rings. The summed E-state index contributed by atoms with van der Waals surface area (Å²) >= 11 is 8.05. The summed E-state index contributed by atoms with van der Waals surface area (Å²) in [4.78, 5) is 22.1. The minimum Gasteiger partial charge on any atom is -0.351 e. The Morgan fingerprint density at radius 1 is 0.971 bits per heavy atom. The molecule has 0 bridgehead atoms. The van der Waals surface area contributed by atoms with E-state index in [0.29, 0.717) is 12.1 Å². The Kier molecular flexibility index (Phi) is 6.81. The number of aromatic nitrogens is 1. The molecule has 5 nitrogen and oxygen atoms in total. The molecule has 0 aliphatic carbocycles. The summed E-state index contributed by atoms with van der Waals surface area (Å²) in [6.45, 7) is 7.29. The molecule has 0 radical (unpaired) electrons. The van der Waals surface area contributed by atoms with E-state index in [1.54, 1.807) is 11.3 Å². The quantitative estimate of drug-likeness (QED) is 0.389. The number of aryl methyl sites for hydroxylation is 1. The molecule has 34 heavy (non-hydrogen) atoms. The maximum absolute atomic E-state index is 12.6. The van der Waals surface area contributed by atoms with Crippen LogP contribution in [0, 0.1) is 6.92 Å². The highest BCUT2D eigenvalue weighted by atomic mass is 35.5. The van der Waals surface area contributed by atoms with Crippen LogP contribution in [0.2, 0.25) is 5.02 Å². The van der Waals surface area contributed by atoms with E-state index in [1.807, 2.05) is 54.6 Å². The lowest BCUT2D eigenvalue weighted by molar-refractivity contribution is 0.0948. The number of thiazole rings is 1. The van der Waals surface area contributed by atoms with Crippen LogP contribution in [0.25, 0.3) is 21.3 Å². The first kappa shape index (κ1) is 22.8. The van der Waals surface area contributed by atoms with Crippen molar-refractivity contribution < 1.29 is 4.79 Å². The highest BCUT2D eigenvalue weighted by Gasteiger charge is 2.21. The molecule has 0 saturated carbocycles. The molecule has 1 amide bonds. The Morgan fingerprint density at radius 3 is 2.38 bits per heavy atom. The third-order valence-corrected chi connectivity index (χ3v) is 7.87. The highest BCUT2D eigenvalue weighted by Crippen LogP contribution is 2.35. The first-order chi connectivity index (χ1) is 16.6. The van der Waals surface area contributed by atoms with Crippen molar-refractivity contribution in [2.75, 3.05) is 44.2 Å². The lowest BCUT2D eigenvalue weighted by Crippen LogP contribution is -2.48. The lowest BCUT2D eigenvalue weighted by Gasteiger charge is -2.34. The van der Waals surface area contributed by atoms with E-state index >= 15 is 0 Å². The summed E-state index contributed by atoms with van der Waals surface area (Å²) in [6.07, 6.45) is 0. The van der Waals surface area contributed by atoms with Gasteiger partial charge in [-0.3, -0.25) is 9.69 Å². The van der Waals surface area contributed by atoms with Gasteiger partial charge in [-0.15, -0.1) is 0 Å². The zero-order valence-electron chi connectivity index (χ0n) is 19.1. The van der Waals surface area contributed by atoms with Crippen LogP contribution in [0.5, 0.6) is 0 Å². The average Bonchev–Trinajstić information content (AvgIpc) is 3.34. The molecule has 1 aromatic heterocycles. The summed E-state index contributed by atoms with van der Waals surface area (Å²) in [6, 6.07) is 21.9. The standard InChI is InChI=1S/C27H27ClN4OS/c1-19-7-12-23(28)25-24(19)30-27(34-25)32-17-15-31(16-18-32)14-13-29-26(33)22-10-8-21(9-11-22)20-5-3-2-4-6-20/h2-12H,13-18H2,1H3,(H,29,33). The fourth-order valence-corrected chi connectivity index (χ4v) is 5.63. The molecule has 5 rings (SSSR count). The third-order valence-electron chi connectivity index (χ3n) is 6.30. The van der Waals surface area contributed by atoms with Crippen molar-refractivity contribution in [3.05, 3.63) is 82.9 Å². The molecule has 1 saturated heterocycles. The van der Waals surface area contributed by atoms with Gasteiger partial charge in [0, 0.05) is 44.8 Å². The van der Waals surface area contributed by atoms with Gasteiger partial charge in [-0.05, 0) is 41.8 Å². The van der Waals surface area contributed by atoms with E-state index < -0.39 is 0 Å². The number of carbonyl (C=O) groups is 1. The first-order valence-electron chi connectivity index (χ1n) is 11.5. The van der Waals surface area contributed by atoms with Gasteiger partial charge >= 0.3 is 0 Å². The van der Waals surface area contributed by atoms with Crippen molar-refractivity contribution >= 4 is 44.2 Å². The topological polar surface area (TPSA) is 48.5 Å². The van der Waals surface area contributed by atoms with Crippen molar-refractivity contribution in [2.24, 2.45) is 0 Å². The summed E-state index contributed by atoms with van der Waals surface area (Å²) in [5.41, 5.74) is 5.12. The first-order valence-corrected chi connectivity index (χ1v) is 12.7. The molecule has 1 aliphatic heterocycles. The van der Waals surface area contributed by atoms with Gasteiger partial charge in [0.05, 0.1) is 15.2 Å². The lowest BCUT2D eigenvalue weighted by atomic mass is 10.0. The number of piperazine rings is 1. The molecule has 1 aliphatic rings. The number of nitrogens with zero attached hydrogens (tertiary/aromatic N) is 3. The number of amides is 1. The molecule has 7 heteroatoms. The van der Waals surface area contributed by atoms with E-state index in [2.05, 4.69) is 34.2 Å². The van der Waals surface area contributed by atoms with Gasteiger partial charge in [-0.1, -0.05) is 71.5 Å². The number of fused-ring (bicyclic) bond motifs is 1. The van der Waals surface area contributed by atoms with Crippen LogP contribution < -0.4 is 10.2 Å². The van der Waals surface area contributed by atoms with Crippen molar-refractivity contribution in [3.63, 3.8) is 0 Å². The van der Waals surface area contributed by atoms with Gasteiger partial charge < -0.3 is 10.2 Å². The fraction of sp³-hybridized carbons (Fsp3) is 0.259. The van der Waals surface area contributed by atoms with Gasteiger partial charge in [0.15, 0.2) is 5.13 Å². The normalized spacial score (nSPS) is 14.5. The van der Waals surface area contributed by atoms with Crippen LogP contribution in [-0.2, 0) is 0 Å². The smallest absolute Gasteiger partial charge is 0.251 e. The molecular formula is C27H27ClN4OS. The maximum Gasteiger partial charge on any atom is 0.251 e. The molecule has 3 aromatic carbocycles. The van der Waals surface area contributed by atoms with Crippen molar-refractivity contribution in [2.45, 2.75) is 6.92 Å². The van der Waals surface area contributed by atoms with E-state index in [-0.39, 0.29) is 5.91 Å². The Hall–Kier alpha value is -2.93. The average molecular weight is 491 g/mol. The summed E-state index contributed by atoms with van der Waals surface area (Å²) in [7, 11) is 0. The van der Waals surface area contributed by atoms with E-state index in [0.717, 1.165) is 69.8 Å². The second kappa shape index (κ2) is 10.1. The molecule has 174 valence electrons. The predicted octanol–water partition coefficient (Wildman–Crippen LogP) is 5.48. The van der Waals surface area contributed by atoms with Crippen molar-refractivity contribution in [3.8, 4) is 11.1 Å². The number of benzene rings is 3. The molecule has 0 unspecified atom stereocenters. The van der Waals surface area contributed by atoms with Gasteiger partial charge in [0.25, 0.3) is 5.91 Å². The second-order valence-corrected chi connectivity index (χ2v) is 9.95. The fourth-order valence-electron chi connectivity index (χ4n) is 4.26. The van der Waals surface area contributed by atoms with Gasteiger partial charge in [0.1, 0.15) is 0 Å². The second-order valence-electron chi connectivity index (χ2n) is 8.57. The van der Waals surface area contributed by atoms with Crippen LogP contribution in [0.1, 0.15) is 15.9 Å². The molecule has 2 heterocycles. The van der Waals surface area contributed by atoms with E-state index in [1.165, 1.54) is 0 Å². The minimum atomic E-state index is -0.0278. The number of anilines is 1. The Morgan fingerprint density at radius 2 is 1.68 bits per heavy atom. The SMILES string of the molecule is Cc1ccc(Cl)c2sc(N3CCN(CCNC(=O)c4ccc(-c5ccccc5)cc4)CC3)nc12. The number of carbonyl (C=O) groups excluding carboxylic acids is 1. The molecular weight excluding hydrogens is 464 g/mol. The van der Waals surface area contributed by atoms with Gasteiger partial charge in [-0.25, -0.2) is 4.98 Å². The van der Waals surface area contributed by atoms with Crippen LogP contribution >= 0.6 is 22.9 Å². The zero-order valence-corrected chi connectivity index (χ0v) is 20.7. The zero-order chi connectivity index (χ0) is 23.5. The number of halogens is 1. The van der Waals surface area contributed by atoms with Crippen molar-refractivity contribution in [1.82, 2.24) is 15.2 Å². The number of nitrogens with one attached hydrogen (secondary N) is 1. The molecule has 4 aromatic rings. The van der Waals surface area contributed by atoms with Gasteiger partial charge in [0.2, 0.25) is 0 Å². The molecule has 0 spiro atoms. The van der Waals surface area contributed by atoms with E-state index in [4.69, 9.17) is 16.6 Å². The Labute approximate surface area is 209 Å². The van der Waals surface area contributed by atoms with Crippen molar-refractivity contribution in [1.29, 1.82) is 0 Å². The number of rotatable bonds is 6. The summed E-state index contributed by atoms with van der Waals surface area (Å²) in [5, 5.41) is 4.87. The van der Waals surface area contributed by atoms with Crippen LogP contribution in [0.3, 0.4) is 0 Å². The van der Waals surface area contributed by atoms with Crippen LogP contribution in [0.15, 0.2) is 66.7 Å². The van der Waals surface area contributed by atoms with E-state index in [9.17, 15) is 4.79 Å². The Balaban J connectivity index is 1.10. The maximum atomic E-state index is 12.6. The Bertz CT molecular complexity index is 1240. The molecule has 0 atom stereocenters. The molecule has 1 N–H and O–H groups in total. The number of hydrogen-bond donors (Lipinski definition) is 1. The largest absolute Gasteiger partial charge is 0.351 e. The summed E-state index contributed by atoms with van der Waals surface area (Å²) in [5.74, 6) is -0.0278. The monoisotopic (exact) mass is 490 g/mol. The van der Waals surface area contributed by atoms with Crippen LogP contribution in [-0.4, -0.2) is 55.1 Å². The minimum absolute atomic E-state index is 0.0278. The predicted molar refractivity (Wildman–Crippen MR) is 142 cm³/mol.